The van der Waals surface area contributed by atoms with Gasteiger partial charge in [-0.1, -0.05) is 12.8 Å². The van der Waals surface area contributed by atoms with Crippen molar-refractivity contribution in [2.45, 2.75) is 68.7 Å². The number of hydrogen-bond acceptors (Lipinski definition) is 7. The number of benzene rings is 1. The zero-order valence-electron chi connectivity index (χ0n) is 21.4. The van der Waals surface area contributed by atoms with Crippen LogP contribution in [0.5, 0.6) is 5.75 Å². The van der Waals surface area contributed by atoms with Gasteiger partial charge < -0.3 is 25.1 Å². The van der Waals surface area contributed by atoms with Gasteiger partial charge in [0, 0.05) is 36.9 Å². The lowest BCUT2D eigenvalue weighted by molar-refractivity contribution is -0.274. The second-order valence-electron chi connectivity index (χ2n) is 10.3. The Morgan fingerprint density at radius 2 is 1.73 bits per heavy atom. The third-order valence-corrected chi connectivity index (χ3v) is 7.49. The standard InChI is InChI=1S/C27H29F6N5O2/c28-26(29,30)18-8-11-23(35-14-18)38-13-3-4-19(16-38)37-22-5-1-2-12-25(22,34)24-36-15-21(39-24)17-6-9-20(10-7-17)40-27(31,32)33/h6-11,14-15,19,22,37H,1-5,12-13,16,34H2/t19?,22?,25-/m0/s1. The summed E-state index contributed by atoms with van der Waals surface area (Å²) in [5.74, 6) is 0.870. The molecule has 216 valence electrons. The molecule has 2 fully saturated rings. The monoisotopic (exact) mass is 569 g/mol. The predicted molar refractivity (Wildman–Crippen MR) is 134 cm³/mol. The van der Waals surface area contributed by atoms with E-state index < -0.39 is 23.6 Å². The summed E-state index contributed by atoms with van der Waals surface area (Å²) in [6.45, 7) is 1.25. The minimum Gasteiger partial charge on any atom is -0.439 e. The van der Waals surface area contributed by atoms with Crippen molar-refractivity contribution in [2.75, 3.05) is 18.0 Å². The highest BCUT2D eigenvalue weighted by Gasteiger charge is 2.44. The van der Waals surface area contributed by atoms with E-state index in [9.17, 15) is 26.3 Å². The number of pyridine rings is 1. The van der Waals surface area contributed by atoms with Crippen LogP contribution in [0.3, 0.4) is 0 Å². The van der Waals surface area contributed by atoms with E-state index >= 15 is 0 Å². The van der Waals surface area contributed by atoms with Gasteiger partial charge in [-0.2, -0.15) is 13.2 Å². The first-order chi connectivity index (χ1) is 18.9. The lowest BCUT2D eigenvalue weighted by Crippen LogP contribution is -2.61. The molecule has 0 radical (unpaired) electrons. The summed E-state index contributed by atoms with van der Waals surface area (Å²) in [7, 11) is 0. The van der Waals surface area contributed by atoms with Gasteiger partial charge in [-0.3, -0.25) is 0 Å². The fraction of sp³-hybridized carbons (Fsp3) is 0.481. The van der Waals surface area contributed by atoms with Crippen molar-refractivity contribution in [3.63, 3.8) is 0 Å². The molecule has 1 aromatic carbocycles. The number of oxazole rings is 1. The fourth-order valence-corrected chi connectivity index (χ4v) is 5.48. The van der Waals surface area contributed by atoms with Gasteiger partial charge in [0.15, 0.2) is 5.76 Å². The van der Waals surface area contributed by atoms with E-state index in [1.807, 2.05) is 4.90 Å². The molecule has 3 N–H and O–H groups in total. The van der Waals surface area contributed by atoms with Gasteiger partial charge in [-0.25, -0.2) is 9.97 Å². The molecule has 2 aliphatic rings. The highest BCUT2D eigenvalue weighted by molar-refractivity contribution is 5.57. The number of rotatable bonds is 6. The summed E-state index contributed by atoms with van der Waals surface area (Å²) in [5, 5.41) is 3.66. The van der Waals surface area contributed by atoms with Crippen LogP contribution in [0.15, 0.2) is 53.2 Å². The number of alkyl halides is 6. The number of nitrogens with zero attached hydrogens (tertiary/aromatic N) is 3. The maximum absolute atomic E-state index is 12.9. The molecule has 1 aliphatic heterocycles. The van der Waals surface area contributed by atoms with Gasteiger partial charge in [0.2, 0.25) is 5.89 Å². The Bertz CT molecular complexity index is 1280. The van der Waals surface area contributed by atoms with Gasteiger partial charge >= 0.3 is 12.5 Å². The first kappa shape index (κ1) is 28.2. The molecule has 0 bridgehead atoms. The summed E-state index contributed by atoms with van der Waals surface area (Å²) in [6.07, 6.45) is -1.90. The maximum Gasteiger partial charge on any atom is 0.573 e. The van der Waals surface area contributed by atoms with Gasteiger partial charge in [0.05, 0.1) is 11.8 Å². The van der Waals surface area contributed by atoms with Gasteiger partial charge in [0.25, 0.3) is 0 Å². The second-order valence-corrected chi connectivity index (χ2v) is 10.3. The van der Waals surface area contributed by atoms with Crippen LogP contribution in [0.4, 0.5) is 32.2 Å². The van der Waals surface area contributed by atoms with E-state index in [0.29, 0.717) is 42.5 Å². The van der Waals surface area contributed by atoms with Gasteiger partial charge in [0.1, 0.15) is 17.1 Å². The Hall–Kier alpha value is -3.32. The number of piperidine rings is 1. The van der Waals surface area contributed by atoms with E-state index in [1.165, 1.54) is 36.5 Å². The van der Waals surface area contributed by atoms with Crippen LogP contribution in [-0.4, -0.2) is 41.5 Å². The molecule has 2 aromatic heterocycles. The molecule has 5 rings (SSSR count). The van der Waals surface area contributed by atoms with Crippen molar-refractivity contribution in [2.24, 2.45) is 5.73 Å². The summed E-state index contributed by atoms with van der Waals surface area (Å²) in [4.78, 5) is 10.5. The van der Waals surface area contributed by atoms with E-state index in [2.05, 4.69) is 20.0 Å². The summed E-state index contributed by atoms with van der Waals surface area (Å²) < 4.78 is 86.2. The molecule has 7 nitrogen and oxygen atoms in total. The number of anilines is 1. The minimum atomic E-state index is -4.78. The zero-order valence-corrected chi connectivity index (χ0v) is 21.4. The summed E-state index contributed by atoms with van der Waals surface area (Å²) >= 11 is 0. The smallest absolute Gasteiger partial charge is 0.439 e. The predicted octanol–water partition coefficient (Wildman–Crippen LogP) is 6.01. The van der Waals surface area contributed by atoms with Crippen molar-refractivity contribution < 1.29 is 35.5 Å². The fourth-order valence-electron chi connectivity index (χ4n) is 5.48. The minimum absolute atomic E-state index is 0.0273. The quantitative estimate of drug-likeness (QED) is 0.352. The van der Waals surface area contributed by atoms with Crippen LogP contribution >= 0.6 is 0 Å². The molecule has 13 heteroatoms. The Morgan fingerprint density at radius 3 is 2.40 bits per heavy atom. The molecule has 3 aromatic rings. The van der Waals surface area contributed by atoms with Crippen LogP contribution in [0.25, 0.3) is 11.3 Å². The normalized spacial score (nSPS) is 24.2. The Kier molecular flexibility index (Phi) is 7.71. The SMILES string of the molecule is N[C@@]1(c2ncc(-c3ccc(OC(F)(F)F)cc3)o2)CCCCC1NC1CCCN(c2ccc(C(F)(F)F)cn2)C1. The van der Waals surface area contributed by atoms with Gasteiger partial charge in [-0.15, -0.1) is 13.2 Å². The molecule has 3 heterocycles. The molecular formula is C27H29F6N5O2. The molecule has 40 heavy (non-hydrogen) atoms. The molecule has 1 saturated carbocycles. The maximum atomic E-state index is 12.9. The number of hydrogen-bond donors (Lipinski definition) is 2. The highest BCUT2D eigenvalue weighted by Crippen LogP contribution is 2.38. The highest BCUT2D eigenvalue weighted by atomic mass is 19.4. The van der Waals surface area contributed by atoms with Crippen LogP contribution in [0.1, 0.15) is 50.0 Å². The van der Waals surface area contributed by atoms with Crippen molar-refractivity contribution in [1.29, 1.82) is 0 Å². The molecule has 0 amide bonds. The number of aromatic nitrogens is 2. The molecule has 0 spiro atoms. The number of nitrogens with one attached hydrogen (secondary N) is 1. The third-order valence-electron chi connectivity index (χ3n) is 7.49. The Morgan fingerprint density at radius 1 is 0.950 bits per heavy atom. The van der Waals surface area contributed by atoms with Crippen LogP contribution in [0, 0.1) is 0 Å². The van der Waals surface area contributed by atoms with Crippen LogP contribution in [0.2, 0.25) is 0 Å². The summed E-state index contributed by atoms with van der Waals surface area (Å²) in [5.41, 5.74) is 5.77. The van der Waals surface area contributed by atoms with Crippen LogP contribution < -0.4 is 20.7 Å². The van der Waals surface area contributed by atoms with Crippen molar-refractivity contribution in [1.82, 2.24) is 15.3 Å². The molecule has 2 unspecified atom stereocenters. The lowest BCUT2D eigenvalue weighted by atomic mass is 9.77. The molecule has 1 saturated heterocycles. The van der Waals surface area contributed by atoms with Crippen molar-refractivity contribution in [3.05, 3.63) is 60.2 Å². The Labute approximate surface area is 226 Å². The van der Waals surface area contributed by atoms with E-state index in [1.54, 1.807) is 0 Å². The topological polar surface area (TPSA) is 89.4 Å². The van der Waals surface area contributed by atoms with E-state index in [4.69, 9.17) is 10.2 Å². The first-order valence-corrected chi connectivity index (χ1v) is 13.1. The molecule has 3 atom stereocenters. The third kappa shape index (κ3) is 6.35. The average molecular weight is 570 g/mol. The largest absolute Gasteiger partial charge is 0.573 e. The first-order valence-electron chi connectivity index (χ1n) is 13.1. The zero-order chi connectivity index (χ0) is 28.5. The second kappa shape index (κ2) is 10.9. The molecule has 1 aliphatic carbocycles. The lowest BCUT2D eigenvalue weighted by Gasteiger charge is -2.43. The van der Waals surface area contributed by atoms with Gasteiger partial charge in [-0.05, 0) is 62.1 Å². The molecular weight excluding hydrogens is 540 g/mol. The number of halogens is 6. The van der Waals surface area contributed by atoms with E-state index in [0.717, 1.165) is 44.4 Å². The summed E-state index contributed by atoms with van der Waals surface area (Å²) in [6, 6.07) is 7.62. The van der Waals surface area contributed by atoms with Crippen LogP contribution in [-0.2, 0) is 11.7 Å². The average Bonchev–Trinajstić information content (AvgIpc) is 3.41. The number of nitrogens with two attached hydrogens (primary N) is 1. The van der Waals surface area contributed by atoms with Crippen molar-refractivity contribution >= 4 is 5.82 Å². The van der Waals surface area contributed by atoms with E-state index in [-0.39, 0.29) is 17.8 Å². The Balaban J connectivity index is 1.28. The number of ether oxygens (including phenoxy) is 1. The van der Waals surface area contributed by atoms with Crippen molar-refractivity contribution in [3.8, 4) is 17.1 Å².